The largest absolute Gasteiger partial charge is 0.208 e. The van der Waals surface area contributed by atoms with Crippen LogP contribution in [0.15, 0.2) is 176 Å². The first-order chi connectivity index (χ1) is 26.3. The summed E-state index contributed by atoms with van der Waals surface area (Å²) in [6.45, 7) is 0. The zero-order valence-electron chi connectivity index (χ0n) is 31.1. The molecule has 0 fully saturated rings. The smallest absolute Gasteiger partial charge is 0.164 e. The van der Waals surface area contributed by atoms with Crippen molar-refractivity contribution in [3.05, 3.63) is 176 Å². The van der Waals surface area contributed by atoms with Gasteiger partial charge in [-0.05, 0) is 57.6 Å². The maximum absolute atomic E-state index is 8.64. The Morgan fingerprint density at radius 2 is 0.939 bits per heavy atom. The van der Waals surface area contributed by atoms with Crippen molar-refractivity contribution in [2.75, 3.05) is 0 Å². The summed E-state index contributed by atoms with van der Waals surface area (Å²) in [5, 5.41) is 1.94. The van der Waals surface area contributed by atoms with Gasteiger partial charge < -0.3 is 0 Å². The van der Waals surface area contributed by atoms with Gasteiger partial charge in [0, 0.05) is 36.9 Å². The van der Waals surface area contributed by atoms with Gasteiger partial charge in [0.05, 0.1) is 6.85 Å². The quantitative estimate of drug-likeness (QED) is 0.180. The van der Waals surface area contributed by atoms with Crippen molar-refractivity contribution in [3.63, 3.8) is 0 Å². The molecule has 3 nitrogen and oxygen atoms in total. The van der Waals surface area contributed by atoms with E-state index in [-0.39, 0.29) is 29.7 Å². The van der Waals surface area contributed by atoms with Crippen LogP contribution in [0, 0.1) is 0 Å². The maximum atomic E-state index is 8.64. The molecule has 0 saturated heterocycles. The Hall–Kier alpha value is -6.23. The molecule has 0 aliphatic rings. The standard InChI is InChI=1S/C45H29N3S/c1-5-14-30(15-6-1)35-26-36(31-16-7-2-8-17-31)28-37(27-35)45-47-43(33-20-11-4-12-21-33)46-44(48-45)34-24-25-39-40-23-13-22-38(32-18-9-3-10-19-32)42(40)49-41(39)29-34/h1-29H/i3D,9D,10D,18D,19D. The van der Waals surface area contributed by atoms with Crippen LogP contribution in [0.1, 0.15) is 6.85 Å². The van der Waals surface area contributed by atoms with Gasteiger partial charge in [0.2, 0.25) is 0 Å². The van der Waals surface area contributed by atoms with E-state index in [9.17, 15) is 0 Å². The van der Waals surface area contributed by atoms with Crippen LogP contribution in [0.5, 0.6) is 0 Å². The molecule has 0 unspecified atom stereocenters. The summed E-state index contributed by atoms with van der Waals surface area (Å²) in [5.41, 5.74) is 7.63. The van der Waals surface area contributed by atoms with Gasteiger partial charge in [0.25, 0.3) is 0 Å². The fourth-order valence-electron chi connectivity index (χ4n) is 6.22. The van der Waals surface area contributed by atoms with Gasteiger partial charge in [-0.2, -0.15) is 0 Å². The summed E-state index contributed by atoms with van der Waals surface area (Å²) >= 11 is 1.52. The van der Waals surface area contributed by atoms with E-state index in [1.54, 1.807) is 0 Å². The van der Waals surface area contributed by atoms with Crippen LogP contribution in [0.2, 0.25) is 0 Å². The van der Waals surface area contributed by atoms with Crippen LogP contribution in [-0.2, 0) is 0 Å². The maximum Gasteiger partial charge on any atom is 0.164 e. The highest BCUT2D eigenvalue weighted by Gasteiger charge is 2.17. The molecule has 0 radical (unpaired) electrons. The molecular weight excluding hydrogens is 615 g/mol. The Morgan fingerprint density at radius 1 is 0.388 bits per heavy atom. The van der Waals surface area contributed by atoms with Crippen molar-refractivity contribution in [3.8, 4) is 67.5 Å². The number of aromatic nitrogens is 3. The Bertz CT molecular complexity index is 2790. The molecule has 0 spiro atoms. The summed E-state index contributed by atoms with van der Waals surface area (Å²) in [5.74, 6) is 1.63. The van der Waals surface area contributed by atoms with Crippen LogP contribution in [0.3, 0.4) is 0 Å². The van der Waals surface area contributed by atoms with E-state index in [1.807, 2.05) is 97.1 Å². The van der Waals surface area contributed by atoms with E-state index in [4.69, 9.17) is 21.8 Å². The van der Waals surface area contributed by atoms with Gasteiger partial charge in [-0.1, -0.05) is 152 Å². The second-order valence-corrected chi connectivity index (χ2v) is 12.8. The highest BCUT2D eigenvalue weighted by Crippen LogP contribution is 2.41. The monoisotopic (exact) mass is 648 g/mol. The lowest BCUT2D eigenvalue weighted by atomic mass is 9.96. The third kappa shape index (κ3) is 5.58. The van der Waals surface area contributed by atoms with E-state index >= 15 is 0 Å². The van der Waals surface area contributed by atoms with Gasteiger partial charge in [0.1, 0.15) is 0 Å². The van der Waals surface area contributed by atoms with Crippen molar-refractivity contribution in [1.29, 1.82) is 0 Å². The second-order valence-electron chi connectivity index (χ2n) is 11.7. The van der Waals surface area contributed by atoms with Gasteiger partial charge in [-0.25, -0.2) is 15.0 Å². The molecule has 230 valence electrons. The summed E-state index contributed by atoms with van der Waals surface area (Å²) in [4.78, 5) is 15.2. The van der Waals surface area contributed by atoms with Crippen LogP contribution in [0.4, 0.5) is 0 Å². The van der Waals surface area contributed by atoms with Gasteiger partial charge in [-0.15, -0.1) is 11.3 Å². The highest BCUT2D eigenvalue weighted by molar-refractivity contribution is 7.26. The number of nitrogens with zero attached hydrogens (tertiary/aromatic N) is 3. The molecule has 49 heavy (non-hydrogen) atoms. The first kappa shape index (κ1) is 24.0. The lowest BCUT2D eigenvalue weighted by Crippen LogP contribution is -2.00. The molecule has 0 amide bonds. The molecular formula is C45H29N3S. The lowest BCUT2D eigenvalue weighted by Gasteiger charge is -2.12. The average Bonchev–Trinajstić information content (AvgIpc) is 3.61. The Labute approximate surface area is 295 Å². The van der Waals surface area contributed by atoms with Crippen molar-refractivity contribution in [1.82, 2.24) is 15.0 Å². The molecule has 0 atom stereocenters. The molecule has 7 aromatic carbocycles. The molecule has 0 aliphatic heterocycles. The Morgan fingerprint density at radius 3 is 1.57 bits per heavy atom. The van der Waals surface area contributed by atoms with E-state index in [2.05, 4.69) is 48.5 Å². The zero-order chi connectivity index (χ0) is 36.9. The molecule has 9 aromatic rings. The van der Waals surface area contributed by atoms with Gasteiger partial charge in [0.15, 0.2) is 17.5 Å². The van der Waals surface area contributed by atoms with E-state index < -0.39 is 6.04 Å². The number of rotatable bonds is 6. The molecule has 0 bridgehead atoms. The third-order valence-corrected chi connectivity index (χ3v) is 9.80. The first-order valence-corrected chi connectivity index (χ1v) is 16.8. The molecule has 0 N–H and O–H groups in total. The SMILES string of the molecule is [2H]c1c([2H])c([2H])c(-c2cccc3c2sc2cc(-c4nc(-c5ccccc5)nc(-c5cc(-c6ccccc6)cc(-c6ccccc6)c5)n4)ccc23)c([2H])c1[2H]. The van der Waals surface area contributed by atoms with Crippen LogP contribution >= 0.6 is 11.3 Å². The van der Waals surface area contributed by atoms with Gasteiger partial charge >= 0.3 is 0 Å². The first-order valence-electron chi connectivity index (χ1n) is 18.4. The minimum atomic E-state index is -0.406. The minimum Gasteiger partial charge on any atom is -0.208 e. The molecule has 2 aromatic heterocycles. The summed E-state index contributed by atoms with van der Waals surface area (Å²) in [6, 6.07) is 47.2. The van der Waals surface area contributed by atoms with Crippen molar-refractivity contribution >= 4 is 31.5 Å². The van der Waals surface area contributed by atoms with Crippen LogP contribution < -0.4 is 0 Å². The number of thiophene rings is 1. The van der Waals surface area contributed by atoms with E-state index in [0.717, 1.165) is 59.1 Å². The normalized spacial score (nSPS) is 12.7. The fraction of sp³-hybridized carbons (Fsp3) is 0. The second kappa shape index (κ2) is 12.4. The predicted molar refractivity (Wildman–Crippen MR) is 205 cm³/mol. The van der Waals surface area contributed by atoms with Crippen LogP contribution in [0.25, 0.3) is 87.7 Å². The molecule has 9 rings (SSSR count). The molecule has 0 aliphatic carbocycles. The topological polar surface area (TPSA) is 38.7 Å². The van der Waals surface area contributed by atoms with Crippen molar-refractivity contribution in [2.45, 2.75) is 0 Å². The number of hydrogen-bond acceptors (Lipinski definition) is 4. The average molecular weight is 649 g/mol. The molecule has 0 saturated carbocycles. The highest BCUT2D eigenvalue weighted by atomic mass is 32.1. The minimum absolute atomic E-state index is 0.195. The number of fused-ring (bicyclic) bond motifs is 3. The summed E-state index contributed by atoms with van der Waals surface area (Å²) in [6.07, 6.45) is 0. The predicted octanol–water partition coefficient (Wildman–Crippen LogP) is 12.2. The van der Waals surface area contributed by atoms with Crippen molar-refractivity contribution < 1.29 is 6.85 Å². The molecule has 4 heteroatoms. The molecule has 2 heterocycles. The lowest BCUT2D eigenvalue weighted by molar-refractivity contribution is 1.07. The third-order valence-electron chi connectivity index (χ3n) is 8.60. The fourth-order valence-corrected chi connectivity index (χ4v) is 7.48. The number of hydrogen-bond donors (Lipinski definition) is 0. The zero-order valence-corrected chi connectivity index (χ0v) is 26.9. The summed E-state index contributed by atoms with van der Waals surface area (Å²) in [7, 11) is 0. The van der Waals surface area contributed by atoms with E-state index in [1.165, 1.54) is 11.3 Å². The number of benzene rings is 7. The van der Waals surface area contributed by atoms with E-state index in [0.29, 0.717) is 23.0 Å². The summed E-state index contributed by atoms with van der Waals surface area (Å²) < 4.78 is 43.7. The Balaban J connectivity index is 1.23. The van der Waals surface area contributed by atoms with Crippen LogP contribution in [-0.4, -0.2) is 15.0 Å². The van der Waals surface area contributed by atoms with Crippen molar-refractivity contribution in [2.24, 2.45) is 0 Å². The van der Waals surface area contributed by atoms with Gasteiger partial charge in [-0.3, -0.25) is 0 Å². The Kier molecular flexibility index (Phi) is 6.08.